The van der Waals surface area contributed by atoms with Crippen molar-refractivity contribution in [3.63, 3.8) is 0 Å². The number of halogens is 1. The Balaban J connectivity index is 1.96. The fraction of sp³-hybridized carbons (Fsp3) is 0.250. The number of fused-ring (bicyclic) bond motifs is 1. The molecule has 1 fully saturated rings. The van der Waals surface area contributed by atoms with Crippen LogP contribution in [0.3, 0.4) is 0 Å². The molecule has 0 bridgehead atoms. The van der Waals surface area contributed by atoms with Gasteiger partial charge in [-0.25, -0.2) is 9.59 Å². The molecule has 24 heavy (non-hydrogen) atoms. The molecule has 126 valence electrons. The predicted octanol–water partition coefficient (Wildman–Crippen LogP) is 2.56. The van der Waals surface area contributed by atoms with E-state index in [1.54, 1.807) is 31.4 Å². The zero-order chi connectivity index (χ0) is 17.4. The molecule has 2 aromatic carbocycles. The quantitative estimate of drug-likeness (QED) is 0.818. The van der Waals surface area contributed by atoms with Crippen molar-refractivity contribution < 1.29 is 34.0 Å². The second-order valence-electron chi connectivity index (χ2n) is 5.18. The standard InChI is InChI=1S/C16H13BrO7/c1-22-10-5-3-7-6-8(2-4-9(7)11(10)17)16-23-12(14(18)19)13(24-16)15(20)21/h2-6,12-13,16H,1H3,(H,18,19)(H,20,21)/t12-,13-/m1/s1. The van der Waals surface area contributed by atoms with Gasteiger partial charge in [0.15, 0.2) is 18.5 Å². The van der Waals surface area contributed by atoms with E-state index in [2.05, 4.69) is 15.9 Å². The zero-order valence-corrected chi connectivity index (χ0v) is 14.0. The van der Waals surface area contributed by atoms with E-state index in [0.29, 0.717) is 11.3 Å². The van der Waals surface area contributed by atoms with Gasteiger partial charge >= 0.3 is 11.9 Å². The number of carboxylic acid groups (broad SMARTS) is 2. The minimum absolute atomic E-state index is 0.537. The topological polar surface area (TPSA) is 102 Å². The number of methoxy groups -OCH3 is 1. The van der Waals surface area contributed by atoms with Crippen LogP contribution >= 0.6 is 15.9 Å². The summed E-state index contributed by atoms with van der Waals surface area (Å²) >= 11 is 3.46. The molecular weight excluding hydrogens is 384 g/mol. The maximum atomic E-state index is 11.1. The molecule has 2 N–H and O–H groups in total. The zero-order valence-electron chi connectivity index (χ0n) is 12.4. The van der Waals surface area contributed by atoms with Crippen LogP contribution in [0, 0.1) is 0 Å². The molecule has 3 rings (SSSR count). The molecule has 1 aliphatic rings. The normalized spacial score (nSPS) is 21.1. The lowest BCUT2D eigenvalue weighted by atomic mass is 10.1. The van der Waals surface area contributed by atoms with Crippen molar-refractivity contribution in [2.45, 2.75) is 18.5 Å². The van der Waals surface area contributed by atoms with E-state index in [-0.39, 0.29) is 0 Å². The van der Waals surface area contributed by atoms with Crippen LogP contribution in [0.5, 0.6) is 5.75 Å². The first kappa shape index (κ1) is 16.7. The highest BCUT2D eigenvalue weighted by Gasteiger charge is 2.46. The lowest BCUT2D eigenvalue weighted by molar-refractivity contribution is -0.156. The summed E-state index contributed by atoms with van der Waals surface area (Å²) < 4.78 is 16.6. The van der Waals surface area contributed by atoms with Gasteiger partial charge in [-0.15, -0.1) is 0 Å². The molecule has 1 saturated heterocycles. The summed E-state index contributed by atoms with van der Waals surface area (Å²) in [6, 6.07) is 8.87. The van der Waals surface area contributed by atoms with Crippen LogP contribution < -0.4 is 4.74 Å². The third-order valence-electron chi connectivity index (χ3n) is 3.74. The molecule has 0 amide bonds. The number of benzene rings is 2. The van der Waals surface area contributed by atoms with E-state index >= 15 is 0 Å². The van der Waals surface area contributed by atoms with Gasteiger partial charge < -0.3 is 24.4 Å². The van der Waals surface area contributed by atoms with Gasteiger partial charge in [0.05, 0.1) is 11.6 Å². The van der Waals surface area contributed by atoms with Gasteiger partial charge in [-0.2, -0.15) is 0 Å². The molecule has 0 saturated carbocycles. The first-order valence-corrected chi connectivity index (χ1v) is 7.74. The Morgan fingerprint density at radius 2 is 1.71 bits per heavy atom. The van der Waals surface area contributed by atoms with Crippen LogP contribution in [-0.4, -0.2) is 41.5 Å². The molecule has 0 spiro atoms. The van der Waals surface area contributed by atoms with Crippen molar-refractivity contribution in [1.29, 1.82) is 0 Å². The van der Waals surface area contributed by atoms with Gasteiger partial charge in [-0.05, 0) is 38.8 Å². The third kappa shape index (κ3) is 2.83. The Morgan fingerprint density at radius 1 is 1.08 bits per heavy atom. The van der Waals surface area contributed by atoms with Crippen LogP contribution in [0.15, 0.2) is 34.8 Å². The SMILES string of the molecule is COc1ccc2cc(C3O[C@@H](C(=O)O)[C@H](C(=O)O)O3)ccc2c1Br. The summed E-state index contributed by atoms with van der Waals surface area (Å²) in [4.78, 5) is 22.3. The highest BCUT2D eigenvalue weighted by molar-refractivity contribution is 9.10. The fourth-order valence-corrected chi connectivity index (χ4v) is 3.22. The van der Waals surface area contributed by atoms with Crippen molar-refractivity contribution >= 4 is 38.6 Å². The van der Waals surface area contributed by atoms with E-state index in [1.807, 2.05) is 6.07 Å². The van der Waals surface area contributed by atoms with Crippen molar-refractivity contribution in [2.75, 3.05) is 7.11 Å². The smallest absolute Gasteiger partial charge is 0.336 e. The molecule has 2 atom stereocenters. The summed E-state index contributed by atoms with van der Waals surface area (Å²) in [5.74, 6) is -2.07. The Bertz CT molecular complexity index is 797. The second-order valence-corrected chi connectivity index (χ2v) is 5.98. The summed E-state index contributed by atoms with van der Waals surface area (Å²) in [6.45, 7) is 0. The van der Waals surface area contributed by atoms with Crippen LogP contribution in [0.1, 0.15) is 11.9 Å². The lowest BCUT2D eigenvalue weighted by Crippen LogP contribution is -2.36. The molecule has 8 heteroatoms. The minimum Gasteiger partial charge on any atom is -0.496 e. The van der Waals surface area contributed by atoms with E-state index in [1.165, 1.54) is 0 Å². The van der Waals surface area contributed by atoms with Gasteiger partial charge in [0.25, 0.3) is 0 Å². The Labute approximate surface area is 144 Å². The average Bonchev–Trinajstić information content (AvgIpc) is 3.01. The molecule has 0 unspecified atom stereocenters. The van der Waals surface area contributed by atoms with Crippen LogP contribution in [-0.2, 0) is 19.1 Å². The summed E-state index contributed by atoms with van der Waals surface area (Å²) in [5.41, 5.74) is 0.537. The maximum absolute atomic E-state index is 11.1. The summed E-state index contributed by atoms with van der Waals surface area (Å²) in [7, 11) is 1.57. The molecule has 0 aliphatic carbocycles. The maximum Gasteiger partial charge on any atom is 0.336 e. The van der Waals surface area contributed by atoms with Crippen molar-refractivity contribution in [3.8, 4) is 5.75 Å². The van der Waals surface area contributed by atoms with Crippen LogP contribution in [0.25, 0.3) is 10.8 Å². The number of aliphatic carboxylic acids is 2. The third-order valence-corrected chi connectivity index (χ3v) is 4.55. The highest BCUT2D eigenvalue weighted by atomic mass is 79.9. The lowest BCUT2D eigenvalue weighted by Gasteiger charge is -2.12. The molecule has 2 aromatic rings. The number of hydrogen-bond acceptors (Lipinski definition) is 5. The van der Waals surface area contributed by atoms with Gasteiger partial charge in [0.1, 0.15) is 5.75 Å². The van der Waals surface area contributed by atoms with E-state index in [9.17, 15) is 9.59 Å². The molecule has 1 aliphatic heterocycles. The average molecular weight is 397 g/mol. The second kappa shape index (κ2) is 6.39. The summed E-state index contributed by atoms with van der Waals surface area (Å²) in [6.07, 6.45) is -4.16. The number of rotatable bonds is 4. The first-order valence-electron chi connectivity index (χ1n) is 6.95. The molecule has 1 heterocycles. The van der Waals surface area contributed by atoms with E-state index in [0.717, 1.165) is 15.2 Å². The molecule has 7 nitrogen and oxygen atoms in total. The van der Waals surface area contributed by atoms with Crippen molar-refractivity contribution in [2.24, 2.45) is 0 Å². The highest BCUT2D eigenvalue weighted by Crippen LogP contribution is 2.37. The van der Waals surface area contributed by atoms with Gasteiger partial charge in [-0.1, -0.05) is 18.2 Å². The van der Waals surface area contributed by atoms with Crippen LogP contribution in [0.4, 0.5) is 0 Å². The predicted molar refractivity (Wildman–Crippen MR) is 86.0 cm³/mol. The molecular formula is C16H13BrO7. The number of carbonyl (C=O) groups is 2. The van der Waals surface area contributed by atoms with Gasteiger partial charge in [0.2, 0.25) is 0 Å². The van der Waals surface area contributed by atoms with E-state index < -0.39 is 30.4 Å². The molecule has 0 radical (unpaired) electrons. The molecule has 0 aromatic heterocycles. The van der Waals surface area contributed by atoms with Gasteiger partial charge in [-0.3, -0.25) is 0 Å². The Hall–Kier alpha value is -2.16. The minimum atomic E-state index is -1.55. The Morgan fingerprint density at radius 3 is 2.25 bits per heavy atom. The number of carboxylic acids is 2. The van der Waals surface area contributed by atoms with E-state index in [4.69, 9.17) is 24.4 Å². The largest absolute Gasteiger partial charge is 0.496 e. The van der Waals surface area contributed by atoms with Crippen molar-refractivity contribution in [1.82, 2.24) is 0 Å². The van der Waals surface area contributed by atoms with Crippen LogP contribution in [0.2, 0.25) is 0 Å². The fourth-order valence-electron chi connectivity index (χ4n) is 2.57. The Kier molecular flexibility index (Phi) is 4.44. The summed E-state index contributed by atoms with van der Waals surface area (Å²) in [5, 5.41) is 19.9. The van der Waals surface area contributed by atoms with Crippen molar-refractivity contribution in [3.05, 3.63) is 40.4 Å². The number of hydrogen-bond donors (Lipinski definition) is 2. The number of ether oxygens (including phenoxy) is 3. The van der Waals surface area contributed by atoms with Gasteiger partial charge in [0, 0.05) is 5.56 Å². The monoisotopic (exact) mass is 396 g/mol. The first-order chi connectivity index (χ1) is 11.4.